The standard InChI is InChI=1S/C10H14N4O/c1-6(2)14-5-11-9-8(10(14)15)7(3)12-13(9)4/h5-6H,1-4H3. The minimum Gasteiger partial charge on any atom is -0.296 e. The van der Waals surface area contributed by atoms with Crippen LogP contribution in [0.15, 0.2) is 11.1 Å². The smallest absolute Gasteiger partial charge is 0.264 e. The van der Waals surface area contributed by atoms with E-state index in [2.05, 4.69) is 10.1 Å². The summed E-state index contributed by atoms with van der Waals surface area (Å²) in [6.07, 6.45) is 1.58. The third-order valence-corrected chi connectivity index (χ3v) is 2.50. The fourth-order valence-corrected chi connectivity index (χ4v) is 1.71. The largest absolute Gasteiger partial charge is 0.296 e. The number of hydrogen-bond donors (Lipinski definition) is 0. The van der Waals surface area contributed by atoms with Crippen LogP contribution in [0.5, 0.6) is 0 Å². The van der Waals surface area contributed by atoms with E-state index in [4.69, 9.17) is 0 Å². The average molecular weight is 206 g/mol. The van der Waals surface area contributed by atoms with Crippen LogP contribution in [0.2, 0.25) is 0 Å². The zero-order valence-electron chi connectivity index (χ0n) is 9.35. The summed E-state index contributed by atoms with van der Waals surface area (Å²) >= 11 is 0. The van der Waals surface area contributed by atoms with Crippen molar-refractivity contribution in [3.05, 3.63) is 22.4 Å². The Morgan fingerprint density at radius 1 is 1.40 bits per heavy atom. The van der Waals surface area contributed by atoms with E-state index in [9.17, 15) is 4.79 Å². The van der Waals surface area contributed by atoms with Crippen molar-refractivity contribution >= 4 is 11.0 Å². The first-order valence-electron chi connectivity index (χ1n) is 4.93. The SMILES string of the molecule is Cc1nn(C)c2ncn(C(C)C)c(=O)c12. The van der Waals surface area contributed by atoms with Gasteiger partial charge in [-0.2, -0.15) is 5.10 Å². The molecule has 2 aromatic heterocycles. The Morgan fingerprint density at radius 3 is 2.67 bits per heavy atom. The maximum absolute atomic E-state index is 12.1. The second kappa shape index (κ2) is 3.18. The molecule has 0 aliphatic rings. The van der Waals surface area contributed by atoms with E-state index >= 15 is 0 Å². The van der Waals surface area contributed by atoms with Crippen molar-refractivity contribution in [3.8, 4) is 0 Å². The topological polar surface area (TPSA) is 52.7 Å². The Kier molecular flexibility index (Phi) is 2.10. The number of hydrogen-bond acceptors (Lipinski definition) is 3. The lowest BCUT2D eigenvalue weighted by molar-refractivity contribution is 0.572. The van der Waals surface area contributed by atoms with Crippen molar-refractivity contribution in [1.82, 2.24) is 19.3 Å². The van der Waals surface area contributed by atoms with E-state index in [1.165, 1.54) is 0 Å². The number of nitrogens with zero attached hydrogens (tertiary/aromatic N) is 4. The molecule has 5 heteroatoms. The van der Waals surface area contributed by atoms with Gasteiger partial charge >= 0.3 is 0 Å². The number of fused-ring (bicyclic) bond motifs is 1. The van der Waals surface area contributed by atoms with E-state index in [1.807, 2.05) is 20.8 Å². The summed E-state index contributed by atoms with van der Waals surface area (Å²) < 4.78 is 3.26. The molecular formula is C10H14N4O. The van der Waals surface area contributed by atoms with E-state index in [1.54, 1.807) is 22.6 Å². The van der Waals surface area contributed by atoms with Crippen molar-refractivity contribution < 1.29 is 0 Å². The van der Waals surface area contributed by atoms with Crippen LogP contribution in [0, 0.1) is 6.92 Å². The summed E-state index contributed by atoms with van der Waals surface area (Å²) in [6, 6.07) is 0.119. The summed E-state index contributed by atoms with van der Waals surface area (Å²) in [5, 5.41) is 4.81. The molecule has 5 nitrogen and oxygen atoms in total. The molecule has 0 fully saturated rings. The lowest BCUT2D eigenvalue weighted by Gasteiger charge is -2.08. The van der Waals surface area contributed by atoms with E-state index in [-0.39, 0.29) is 11.6 Å². The Hall–Kier alpha value is -1.65. The molecule has 0 unspecified atom stereocenters. The van der Waals surface area contributed by atoms with Gasteiger partial charge in [-0.3, -0.25) is 9.36 Å². The Morgan fingerprint density at radius 2 is 2.07 bits per heavy atom. The molecule has 2 heterocycles. The maximum atomic E-state index is 12.1. The monoisotopic (exact) mass is 206 g/mol. The van der Waals surface area contributed by atoms with Crippen molar-refractivity contribution in [2.45, 2.75) is 26.8 Å². The Balaban J connectivity index is 2.90. The van der Waals surface area contributed by atoms with Crippen LogP contribution < -0.4 is 5.56 Å². The zero-order valence-corrected chi connectivity index (χ0v) is 9.35. The molecule has 0 aliphatic carbocycles. The first kappa shape index (κ1) is 9.89. The van der Waals surface area contributed by atoms with Crippen molar-refractivity contribution in [2.75, 3.05) is 0 Å². The summed E-state index contributed by atoms with van der Waals surface area (Å²) in [6.45, 7) is 5.75. The molecule has 2 aromatic rings. The van der Waals surface area contributed by atoms with Crippen molar-refractivity contribution in [2.24, 2.45) is 7.05 Å². The molecule has 0 radical (unpaired) electrons. The molecular weight excluding hydrogens is 192 g/mol. The first-order valence-corrected chi connectivity index (χ1v) is 4.93. The van der Waals surface area contributed by atoms with Gasteiger partial charge in [0.25, 0.3) is 5.56 Å². The van der Waals surface area contributed by atoms with E-state index in [0.29, 0.717) is 11.0 Å². The second-order valence-electron chi connectivity index (χ2n) is 3.96. The fraction of sp³-hybridized carbons (Fsp3) is 0.500. The highest BCUT2D eigenvalue weighted by molar-refractivity contribution is 5.76. The van der Waals surface area contributed by atoms with Gasteiger partial charge in [-0.1, -0.05) is 0 Å². The zero-order chi connectivity index (χ0) is 11.2. The van der Waals surface area contributed by atoms with Crippen LogP contribution in [0.1, 0.15) is 25.6 Å². The highest BCUT2D eigenvalue weighted by atomic mass is 16.1. The third-order valence-electron chi connectivity index (χ3n) is 2.50. The molecule has 15 heavy (non-hydrogen) atoms. The molecule has 0 saturated carbocycles. The van der Waals surface area contributed by atoms with Crippen LogP contribution in [-0.4, -0.2) is 19.3 Å². The maximum Gasteiger partial charge on any atom is 0.264 e. The number of rotatable bonds is 1. The van der Waals surface area contributed by atoms with Crippen LogP contribution in [0.4, 0.5) is 0 Å². The molecule has 0 bridgehead atoms. The lowest BCUT2D eigenvalue weighted by Crippen LogP contribution is -2.22. The van der Waals surface area contributed by atoms with Gasteiger partial charge < -0.3 is 0 Å². The Labute approximate surface area is 87.4 Å². The molecule has 0 aliphatic heterocycles. The third kappa shape index (κ3) is 1.35. The molecule has 80 valence electrons. The minimum absolute atomic E-state index is 0.0133. The normalized spacial score (nSPS) is 11.5. The van der Waals surface area contributed by atoms with Gasteiger partial charge in [0.1, 0.15) is 11.7 Å². The number of aromatic nitrogens is 4. The molecule has 0 spiro atoms. The Bertz CT molecular complexity index is 565. The fourth-order valence-electron chi connectivity index (χ4n) is 1.71. The second-order valence-corrected chi connectivity index (χ2v) is 3.96. The van der Waals surface area contributed by atoms with Gasteiger partial charge in [0.15, 0.2) is 5.65 Å². The van der Waals surface area contributed by atoms with Gasteiger partial charge in [-0.25, -0.2) is 9.67 Å². The quantitative estimate of drug-likeness (QED) is 0.700. The summed E-state index contributed by atoms with van der Waals surface area (Å²) in [7, 11) is 1.79. The molecule has 0 aromatic carbocycles. The highest BCUT2D eigenvalue weighted by Gasteiger charge is 2.13. The first-order chi connectivity index (χ1) is 7.02. The van der Waals surface area contributed by atoms with Crippen molar-refractivity contribution in [3.63, 3.8) is 0 Å². The van der Waals surface area contributed by atoms with E-state index in [0.717, 1.165) is 5.69 Å². The van der Waals surface area contributed by atoms with Gasteiger partial charge in [-0.15, -0.1) is 0 Å². The predicted octanol–water partition coefficient (Wildman–Crippen LogP) is 1.02. The number of aryl methyl sites for hydroxylation is 2. The van der Waals surface area contributed by atoms with E-state index < -0.39 is 0 Å². The van der Waals surface area contributed by atoms with Crippen LogP contribution in [0.3, 0.4) is 0 Å². The summed E-state index contributed by atoms with van der Waals surface area (Å²) in [4.78, 5) is 16.3. The van der Waals surface area contributed by atoms with Gasteiger partial charge in [0.2, 0.25) is 0 Å². The average Bonchev–Trinajstić information content (AvgIpc) is 2.43. The predicted molar refractivity (Wildman–Crippen MR) is 57.9 cm³/mol. The van der Waals surface area contributed by atoms with Crippen LogP contribution >= 0.6 is 0 Å². The van der Waals surface area contributed by atoms with Gasteiger partial charge in [0.05, 0.1) is 5.69 Å². The summed E-state index contributed by atoms with van der Waals surface area (Å²) in [5.74, 6) is 0. The highest BCUT2D eigenvalue weighted by Crippen LogP contribution is 2.11. The summed E-state index contributed by atoms with van der Waals surface area (Å²) in [5.41, 5.74) is 1.37. The van der Waals surface area contributed by atoms with Crippen molar-refractivity contribution in [1.29, 1.82) is 0 Å². The van der Waals surface area contributed by atoms with Gasteiger partial charge in [-0.05, 0) is 20.8 Å². The van der Waals surface area contributed by atoms with Crippen LogP contribution in [0.25, 0.3) is 11.0 Å². The molecule has 0 N–H and O–H groups in total. The van der Waals surface area contributed by atoms with Gasteiger partial charge in [0, 0.05) is 13.1 Å². The minimum atomic E-state index is -0.0133. The molecule has 0 atom stereocenters. The molecule has 0 saturated heterocycles. The molecule has 2 rings (SSSR count). The van der Waals surface area contributed by atoms with Crippen LogP contribution in [-0.2, 0) is 7.05 Å². The molecule has 0 amide bonds. The lowest BCUT2D eigenvalue weighted by atomic mass is 10.3.